The third-order valence-corrected chi connectivity index (χ3v) is 4.15. The third kappa shape index (κ3) is 3.44. The molecule has 0 amide bonds. The van der Waals surface area contributed by atoms with Crippen molar-refractivity contribution in [3.63, 3.8) is 0 Å². The van der Waals surface area contributed by atoms with Crippen LogP contribution in [-0.2, 0) is 0 Å². The Morgan fingerprint density at radius 1 is 1.35 bits per heavy atom. The second kappa shape index (κ2) is 6.95. The van der Waals surface area contributed by atoms with Crippen LogP contribution in [-0.4, -0.2) is 42.4 Å². The van der Waals surface area contributed by atoms with Crippen LogP contribution < -0.4 is 5.32 Å². The summed E-state index contributed by atoms with van der Waals surface area (Å²) >= 11 is 0. The number of Topliss-reactive ketones (excluding diaryl/α,β-unsaturated/α-hetero) is 1. The number of carbonyl (C=O) groups is 1. The van der Waals surface area contributed by atoms with Crippen LogP contribution in [0.4, 0.5) is 4.39 Å². The van der Waals surface area contributed by atoms with E-state index in [0.717, 1.165) is 32.5 Å². The maximum absolute atomic E-state index is 12.9. The van der Waals surface area contributed by atoms with E-state index in [9.17, 15) is 9.18 Å². The molecule has 3 nitrogen and oxygen atoms in total. The van der Waals surface area contributed by atoms with Gasteiger partial charge in [0.1, 0.15) is 5.82 Å². The van der Waals surface area contributed by atoms with Gasteiger partial charge in [0.05, 0.1) is 6.04 Å². The fourth-order valence-electron chi connectivity index (χ4n) is 2.99. The molecule has 0 aliphatic carbocycles. The number of hydrogen-bond donors (Lipinski definition) is 1. The molecule has 1 aromatic rings. The number of hydrogen-bond acceptors (Lipinski definition) is 3. The Kier molecular flexibility index (Phi) is 5.26. The van der Waals surface area contributed by atoms with E-state index in [-0.39, 0.29) is 17.6 Å². The molecule has 0 saturated carbocycles. The average Bonchev–Trinajstić information content (AvgIpc) is 2.49. The first-order valence-electron chi connectivity index (χ1n) is 7.39. The van der Waals surface area contributed by atoms with Crippen molar-refractivity contribution in [1.82, 2.24) is 10.2 Å². The Labute approximate surface area is 120 Å². The molecule has 1 aromatic carbocycles. The molecule has 20 heavy (non-hydrogen) atoms. The number of halogens is 1. The normalized spacial score (nSPS) is 18.2. The molecule has 1 saturated heterocycles. The predicted molar refractivity (Wildman–Crippen MR) is 78.5 cm³/mol. The highest BCUT2D eigenvalue weighted by atomic mass is 19.1. The Bertz CT molecular complexity index is 440. The fourth-order valence-corrected chi connectivity index (χ4v) is 2.99. The SMILES string of the molecule is CCN(C1CCNCC1)C(C)C(=O)c1ccc(F)cc1. The summed E-state index contributed by atoms with van der Waals surface area (Å²) < 4.78 is 12.9. The summed E-state index contributed by atoms with van der Waals surface area (Å²) in [5.74, 6) is -0.231. The van der Waals surface area contributed by atoms with Crippen molar-refractivity contribution in [3.8, 4) is 0 Å². The van der Waals surface area contributed by atoms with Gasteiger partial charge >= 0.3 is 0 Å². The molecule has 1 heterocycles. The van der Waals surface area contributed by atoms with E-state index in [1.54, 1.807) is 12.1 Å². The minimum Gasteiger partial charge on any atom is -0.317 e. The molecule has 110 valence electrons. The van der Waals surface area contributed by atoms with Gasteiger partial charge in [0.2, 0.25) is 0 Å². The van der Waals surface area contributed by atoms with E-state index in [1.807, 2.05) is 6.92 Å². The molecule has 0 radical (unpaired) electrons. The lowest BCUT2D eigenvalue weighted by Gasteiger charge is -2.37. The van der Waals surface area contributed by atoms with Gasteiger partial charge in [0.15, 0.2) is 5.78 Å². The maximum atomic E-state index is 12.9. The van der Waals surface area contributed by atoms with Crippen LogP contribution in [0.5, 0.6) is 0 Å². The number of benzene rings is 1. The second-order valence-electron chi connectivity index (χ2n) is 5.36. The van der Waals surface area contributed by atoms with Crippen LogP contribution in [0, 0.1) is 5.82 Å². The van der Waals surface area contributed by atoms with Gasteiger partial charge in [-0.2, -0.15) is 0 Å². The third-order valence-electron chi connectivity index (χ3n) is 4.15. The van der Waals surface area contributed by atoms with Gasteiger partial charge in [-0.3, -0.25) is 9.69 Å². The topological polar surface area (TPSA) is 32.3 Å². The molecular weight excluding hydrogens is 255 g/mol. The number of likely N-dealkylation sites (N-methyl/N-ethyl adjacent to an activating group) is 1. The Morgan fingerprint density at radius 2 is 1.95 bits per heavy atom. The molecule has 1 aliphatic heterocycles. The van der Waals surface area contributed by atoms with Crippen LogP contribution in [0.3, 0.4) is 0 Å². The van der Waals surface area contributed by atoms with E-state index in [4.69, 9.17) is 0 Å². The number of ketones is 1. The van der Waals surface area contributed by atoms with Crippen LogP contribution in [0.25, 0.3) is 0 Å². The highest BCUT2D eigenvalue weighted by Crippen LogP contribution is 2.18. The van der Waals surface area contributed by atoms with Crippen molar-refractivity contribution < 1.29 is 9.18 Å². The molecule has 1 atom stereocenters. The lowest BCUT2D eigenvalue weighted by molar-refractivity contribution is 0.0728. The summed E-state index contributed by atoms with van der Waals surface area (Å²) in [6.45, 7) is 6.93. The summed E-state index contributed by atoms with van der Waals surface area (Å²) in [4.78, 5) is 14.8. The molecule has 0 spiro atoms. The lowest BCUT2D eigenvalue weighted by atomic mass is 9.98. The number of nitrogens with zero attached hydrogens (tertiary/aromatic N) is 1. The summed E-state index contributed by atoms with van der Waals surface area (Å²) in [5.41, 5.74) is 0.589. The van der Waals surface area contributed by atoms with Crippen LogP contribution in [0.1, 0.15) is 37.0 Å². The molecule has 0 bridgehead atoms. The molecule has 0 aromatic heterocycles. The quantitative estimate of drug-likeness (QED) is 0.840. The molecule has 1 fully saturated rings. The molecule has 1 aliphatic rings. The largest absolute Gasteiger partial charge is 0.317 e. The highest BCUT2D eigenvalue weighted by molar-refractivity contribution is 5.99. The first-order chi connectivity index (χ1) is 9.63. The summed E-state index contributed by atoms with van der Waals surface area (Å²) in [7, 11) is 0. The van der Waals surface area contributed by atoms with Gasteiger partial charge in [-0.15, -0.1) is 0 Å². The number of nitrogens with one attached hydrogen (secondary N) is 1. The number of carbonyl (C=O) groups excluding carboxylic acids is 1. The summed E-state index contributed by atoms with van der Waals surface area (Å²) in [5, 5.41) is 3.35. The molecule has 4 heteroatoms. The number of rotatable bonds is 5. The zero-order valence-corrected chi connectivity index (χ0v) is 12.2. The first-order valence-corrected chi connectivity index (χ1v) is 7.39. The van der Waals surface area contributed by atoms with Crippen molar-refractivity contribution >= 4 is 5.78 Å². The highest BCUT2D eigenvalue weighted by Gasteiger charge is 2.28. The zero-order valence-electron chi connectivity index (χ0n) is 12.2. The molecule has 1 unspecified atom stereocenters. The minimum absolute atomic E-state index is 0.0744. The smallest absolute Gasteiger partial charge is 0.179 e. The van der Waals surface area contributed by atoms with E-state index in [2.05, 4.69) is 17.1 Å². The number of piperidine rings is 1. The molecule has 1 N–H and O–H groups in total. The predicted octanol–water partition coefficient (Wildman–Crippen LogP) is 2.47. The summed E-state index contributed by atoms with van der Waals surface area (Å²) in [6, 6.07) is 6.14. The van der Waals surface area contributed by atoms with Crippen molar-refractivity contribution in [2.45, 2.75) is 38.8 Å². The van der Waals surface area contributed by atoms with Crippen molar-refractivity contribution in [1.29, 1.82) is 0 Å². The van der Waals surface area contributed by atoms with E-state index >= 15 is 0 Å². The fraction of sp³-hybridized carbons (Fsp3) is 0.562. The molecule has 2 rings (SSSR count). The van der Waals surface area contributed by atoms with Crippen molar-refractivity contribution in [3.05, 3.63) is 35.6 Å². The van der Waals surface area contributed by atoms with Crippen LogP contribution in [0.2, 0.25) is 0 Å². The van der Waals surface area contributed by atoms with Gasteiger partial charge in [0.25, 0.3) is 0 Å². The van der Waals surface area contributed by atoms with E-state index in [1.165, 1.54) is 12.1 Å². The van der Waals surface area contributed by atoms with Gasteiger partial charge in [-0.25, -0.2) is 4.39 Å². The Balaban J connectivity index is 2.08. The van der Waals surface area contributed by atoms with E-state index < -0.39 is 0 Å². The lowest BCUT2D eigenvalue weighted by Crippen LogP contribution is -2.49. The second-order valence-corrected chi connectivity index (χ2v) is 5.36. The first kappa shape index (κ1) is 15.1. The van der Waals surface area contributed by atoms with Crippen LogP contribution >= 0.6 is 0 Å². The van der Waals surface area contributed by atoms with Crippen LogP contribution in [0.15, 0.2) is 24.3 Å². The van der Waals surface area contributed by atoms with Gasteiger partial charge in [0, 0.05) is 11.6 Å². The average molecular weight is 278 g/mol. The van der Waals surface area contributed by atoms with Crippen molar-refractivity contribution in [2.75, 3.05) is 19.6 Å². The Morgan fingerprint density at radius 3 is 2.50 bits per heavy atom. The standard InChI is InChI=1S/C16H23FN2O/c1-3-19(15-8-10-18-11-9-15)12(2)16(20)13-4-6-14(17)7-5-13/h4-7,12,15,18H,3,8-11H2,1-2H3. The van der Waals surface area contributed by atoms with Crippen molar-refractivity contribution in [2.24, 2.45) is 0 Å². The van der Waals surface area contributed by atoms with Gasteiger partial charge in [-0.1, -0.05) is 6.92 Å². The Hall–Kier alpha value is -1.26. The van der Waals surface area contributed by atoms with E-state index in [0.29, 0.717) is 11.6 Å². The minimum atomic E-state index is -0.306. The molecular formula is C16H23FN2O. The zero-order chi connectivity index (χ0) is 14.5. The summed E-state index contributed by atoms with van der Waals surface area (Å²) in [6.07, 6.45) is 2.16. The van der Waals surface area contributed by atoms with Gasteiger partial charge in [-0.05, 0) is 63.7 Å². The van der Waals surface area contributed by atoms with Gasteiger partial charge < -0.3 is 5.32 Å². The monoisotopic (exact) mass is 278 g/mol. The maximum Gasteiger partial charge on any atom is 0.179 e.